The van der Waals surface area contributed by atoms with Gasteiger partial charge in [0.15, 0.2) is 17.6 Å². The van der Waals surface area contributed by atoms with Crippen LogP contribution in [0.3, 0.4) is 0 Å². The molecule has 0 aromatic carbocycles. The fraction of sp³-hybridized carbons (Fsp3) is 0.562. The van der Waals surface area contributed by atoms with Gasteiger partial charge < -0.3 is 20.9 Å². The van der Waals surface area contributed by atoms with Gasteiger partial charge in [-0.05, 0) is 25.5 Å². The molecular weight excluding hydrogens is 311 g/mol. The van der Waals surface area contributed by atoms with Crippen LogP contribution < -0.4 is 20.9 Å². The SMILES string of the molecule is CCNC(=NCCNC(C)=O)NC1CCN(c2ncccc2F)C1. The van der Waals surface area contributed by atoms with Crippen molar-refractivity contribution in [1.29, 1.82) is 0 Å². The molecule has 1 fully saturated rings. The number of hydrogen-bond acceptors (Lipinski definition) is 4. The Bertz CT molecular complexity index is 579. The van der Waals surface area contributed by atoms with E-state index in [2.05, 4.69) is 25.9 Å². The highest BCUT2D eigenvalue weighted by atomic mass is 19.1. The third-order valence-corrected chi connectivity index (χ3v) is 3.67. The van der Waals surface area contributed by atoms with Gasteiger partial charge in [0.1, 0.15) is 0 Å². The molecule has 1 amide bonds. The zero-order valence-corrected chi connectivity index (χ0v) is 14.2. The number of anilines is 1. The number of aliphatic imine (C=N–C) groups is 1. The molecule has 0 aliphatic carbocycles. The lowest BCUT2D eigenvalue weighted by Crippen LogP contribution is -2.45. The van der Waals surface area contributed by atoms with Gasteiger partial charge in [0.25, 0.3) is 0 Å². The van der Waals surface area contributed by atoms with E-state index >= 15 is 0 Å². The standard InChI is InChI=1S/C16H25FN6O/c1-3-18-16(21-9-8-19-12(2)24)22-13-6-10-23(11-13)15-14(17)5-4-7-20-15/h4-5,7,13H,3,6,8-11H2,1-2H3,(H,19,24)(H2,18,21,22). The van der Waals surface area contributed by atoms with Gasteiger partial charge in [0, 0.05) is 45.3 Å². The topological polar surface area (TPSA) is 81.6 Å². The molecule has 3 N–H and O–H groups in total. The van der Waals surface area contributed by atoms with Gasteiger partial charge in [-0.25, -0.2) is 9.37 Å². The molecule has 1 saturated heterocycles. The molecule has 1 aromatic heterocycles. The van der Waals surface area contributed by atoms with Crippen LogP contribution in [-0.4, -0.2) is 55.6 Å². The molecular formula is C16H25FN6O. The minimum atomic E-state index is -0.297. The summed E-state index contributed by atoms with van der Waals surface area (Å²) in [5.74, 6) is 0.742. The molecule has 1 unspecified atom stereocenters. The van der Waals surface area contributed by atoms with E-state index in [-0.39, 0.29) is 17.8 Å². The number of carbonyl (C=O) groups excluding carboxylic acids is 1. The molecule has 7 nitrogen and oxygen atoms in total. The van der Waals surface area contributed by atoms with Crippen molar-refractivity contribution in [1.82, 2.24) is 20.9 Å². The first-order chi connectivity index (χ1) is 11.6. The zero-order chi connectivity index (χ0) is 17.4. The van der Waals surface area contributed by atoms with E-state index < -0.39 is 0 Å². The van der Waals surface area contributed by atoms with Crippen molar-refractivity contribution in [3.05, 3.63) is 24.1 Å². The smallest absolute Gasteiger partial charge is 0.216 e. The van der Waals surface area contributed by atoms with Gasteiger partial charge in [0.2, 0.25) is 5.91 Å². The van der Waals surface area contributed by atoms with Crippen LogP contribution in [0.15, 0.2) is 23.3 Å². The van der Waals surface area contributed by atoms with E-state index in [0.717, 1.165) is 19.5 Å². The van der Waals surface area contributed by atoms with Gasteiger partial charge in [-0.3, -0.25) is 9.79 Å². The first-order valence-electron chi connectivity index (χ1n) is 8.25. The molecule has 0 spiro atoms. The van der Waals surface area contributed by atoms with Gasteiger partial charge in [-0.1, -0.05) is 0 Å². The lowest BCUT2D eigenvalue weighted by molar-refractivity contribution is -0.118. The number of halogens is 1. The summed E-state index contributed by atoms with van der Waals surface area (Å²) in [5.41, 5.74) is 0. The maximum Gasteiger partial charge on any atom is 0.216 e. The first-order valence-corrected chi connectivity index (χ1v) is 8.25. The van der Waals surface area contributed by atoms with Gasteiger partial charge in [-0.15, -0.1) is 0 Å². The highest BCUT2D eigenvalue weighted by Crippen LogP contribution is 2.20. The van der Waals surface area contributed by atoms with Crippen LogP contribution >= 0.6 is 0 Å². The van der Waals surface area contributed by atoms with Gasteiger partial charge in [-0.2, -0.15) is 0 Å². The average molecular weight is 336 g/mol. The second-order valence-corrected chi connectivity index (χ2v) is 5.63. The number of amides is 1. The van der Waals surface area contributed by atoms with Crippen molar-refractivity contribution in [3.63, 3.8) is 0 Å². The molecule has 1 aliphatic heterocycles. The quantitative estimate of drug-likeness (QED) is 0.400. The minimum absolute atomic E-state index is 0.0630. The monoisotopic (exact) mass is 336 g/mol. The highest BCUT2D eigenvalue weighted by Gasteiger charge is 2.25. The van der Waals surface area contributed by atoms with Crippen molar-refractivity contribution in [2.75, 3.05) is 37.6 Å². The Morgan fingerprint density at radius 2 is 2.33 bits per heavy atom. The Morgan fingerprint density at radius 1 is 1.50 bits per heavy atom. The van der Waals surface area contributed by atoms with Crippen LogP contribution in [0.25, 0.3) is 0 Å². The number of carbonyl (C=O) groups is 1. The van der Waals surface area contributed by atoms with Crippen LogP contribution in [0.1, 0.15) is 20.3 Å². The summed E-state index contributed by atoms with van der Waals surface area (Å²) in [7, 11) is 0. The van der Waals surface area contributed by atoms with E-state index in [1.165, 1.54) is 13.0 Å². The molecule has 1 aromatic rings. The lowest BCUT2D eigenvalue weighted by atomic mass is 10.3. The summed E-state index contributed by atoms with van der Waals surface area (Å²) < 4.78 is 13.8. The number of hydrogen-bond donors (Lipinski definition) is 3. The molecule has 0 radical (unpaired) electrons. The largest absolute Gasteiger partial charge is 0.357 e. The Kier molecular flexibility index (Phi) is 6.77. The molecule has 2 rings (SSSR count). The summed E-state index contributed by atoms with van der Waals surface area (Å²) in [6.45, 7) is 6.65. The third-order valence-electron chi connectivity index (χ3n) is 3.67. The van der Waals surface area contributed by atoms with Crippen molar-refractivity contribution in [3.8, 4) is 0 Å². The first kappa shape index (κ1) is 18.0. The van der Waals surface area contributed by atoms with Crippen LogP contribution in [0, 0.1) is 5.82 Å². The van der Waals surface area contributed by atoms with Crippen molar-refractivity contribution < 1.29 is 9.18 Å². The van der Waals surface area contributed by atoms with E-state index in [0.29, 0.717) is 31.4 Å². The maximum atomic E-state index is 13.8. The Hall–Kier alpha value is -2.38. The summed E-state index contributed by atoms with van der Waals surface area (Å²) in [6.07, 6.45) is 2.48. The Balaban J connectivity index is 1.88. The van der Waals surface area contributed by atoms with E-state index in [4.69, 9.17) is 0 Å². The summed E-state index contributed by atoms with van der Waals surface area (Å²) in [4.78, 5) is 21.4. The number of nitrogens with zero attached hydrogens (tertiary/aromatic N) is 3. The summed E-state index contributed by atoms with van der Waals surface area (Å²) in [6, 6.07) is 3.19. The predicted molar refractivity (Wildman–Crippen MR) is 92.6 cm³/mol. The van der Waals surface area contributed by atoms with Gasteiger partial charge in [0.05, 0.1) is 6.54 Å². The predicted octanol–water partition coefficient (Wildman–Crippen LogP) is 0.491. The average Bonchev–Trinajstić information content (AvgIpc) is 3.00. The van der Waals surface area contributed by atoms with Crippen molar-refractivity contribution in [2.45, 2.75) is 26.3 Å². The number of rotatable bonds is 6. The second-order valence-electron chi connectivity index (χ2n) is 5.63. The summed E-state index contributed by atoms with van der Waals surface area (Å²) in [5, 5.41) is 9.25. The fourth-order valence-electron chi connectivity index (χ4n) is 2.59. The van der Waals surface area contributed by atoms with Crippen molar-refractivity contribution in [2.24, 2.45) is 4.99 Å². The molecule has 0 saturated carbocycles. The van der Waals surface area contributed by atoms with Crippen LogP contribution in [-0.2, 0) is 4.79 Å². The molecule has 24 heavy (non-hydrogen) atoms. The number of pyridine rings is 1. The van der Waals surface area contributed by atoms with E-state index in [9.17, 15) is 9.18 Å². The van der Waals surface area contributed by atoms with Gasteiger partial charge >= 0.3 is 0 Å². The highest BCUT2D eigenvalue weighted by molar-refractivity contribution is 5.80. The Labute approximate surface area is 141 Å². The lowest BCUT2D eigenvalue weighted by Gasteiger charge is -2.19. The second kappa shape index (κ2) is 9.05. The molecule has 1 aliphatic rings. The molecule has 0 bridgehead atoms. The number of nitrogens with one attached hydrogen (secondary N) is 3. The molecule has 2 heterocycles. The van der Waals surface area contributed by atoms with Crippen molar-refractivity contribution >= 4 is 17.7 Å². The third kappa shape index (κ3) is 5.36. The van der Waals surface area contributed by atoms with Crippen LogP contribution in [0.5, 0.6) is 0 Å². The summed E-state index contributed by atoms with van der Waals surface area (Å²) >= 11 is 0. The molecule has 8 heteroatoms. The zero-order valence-electron chi connectivity index (χ0n) is 14.2. The minimum Gasteiger partial charge on any atom is -0.357 e. The van der Waals surface area contributed by atoms with Crippen LogP contribution in [0.2, 0.25) is 0 Å². The number of guanidine groups is 1. The Morgan fingerprint density at radius 3 is 3.04 bits per heavy atom. The number of aromatic nitrogens is 1. The van der Waals surface area contributed by atoms with E-state index in [1.54, 1.807) is 12.3 Å². The normalized spacial score (nSPS) is 17.7. The molecule has 132 valence electrons. The molecule has 1 atom stereocenters. The van der Waals surface area contributed by atoms with E-state index in [1.807, 2.05) is 11.8 Å². The maximum absolute atomic E-state index is 13.8. The van der Waals surface area contributed by atoms with Crippen LogP contribution in [0.4, 0.5) is 10.2 Å². The fourth-order valence-corrected chi connectivity index (χ4v) is 2.59.